The van der Waals surface area contributed by atoms with Crippen molar-refractivity contribution in [2.24, 2.45) is 10.9 Å². The van der Waals surface area contributed by atoms with Gasteiger partial charge in [-0.3, -0.25) is 4.99 Å². The van der Waals surface area contributed by atoms with Gasteiger partial charge in [-0.05, 0) is 18.1 Å². The molecular formula is C11H12ClFN2S. The summed E-state index contributed by atoms with van der Waals surface area (Å²) in [5.41, 5.74) is 0.310. The van der Waals surface area contributed by atoms with Gasteiger partial charge in [-0.15, -0.1) is 0 Å². The van der Waals surface area contributed by atoms with Crippen molar-refractivity contribution >= 4 is 34.2 Å². The Morgan fingerprint density at radius 1 is 1.56 bits per heavy atom. The third-order valence-electron chi connectivity index (χ3n) is 2.25. The molecule has 0 aromatic heterocycles. The first-order chi connectivity index (χ1) is 7.66. The lowest BCUT2D eigenvalue weighted by Crippen LogP contribution is -2.19. The molecule has 1 unspecified atom stereocenters. The van der Waals surface area contributed by atoms with Crippen LogP contribution in [0.15, 0.2) is 23.2 Å². The molecule has 1 atom stereocenters. The molecule has 0 aliphatic carbocycles. The molecule has 0 saturated heterocycles. The fourth-order valence-corrected chi connectivity index (χ4v) is 2.46. The quantitative estimate of drug-likeness (QED) is 0.832. The first-order valence-electron chi connectivity index (χ1n) is 5.05. The zero-order chi connectivity index (χ0) is 11.5. The summed E-state index contributed by atoms with van der Waals surface area (Å²) < 4.78 is 13.5. The van der Waals surface area contributed by atoms with Crippen LogP contribution in [0.4, 0.5) is 10.1 Å². The van der Waals surface area contributed by atoms with Gasteiger partial charge in [0.1, 0.15) is 5.82 Å². The highest BCUT2D eigenvalue weighted by atomic mass is 35.5. The number of rotatable bonds is 1. The molecule has 0 bridgehead atoms. The molecule has 2 rings (SSSR count). The highest BCUT2D eigenvalue weighted by molar-refractivity contribution is 8.14. The Bertz CT molecular complexity index is 402. The molecule has 0 amide bonds. The molecule has 0 saturated carbocycles. The molecule has 5 heteroatoms. The number of hydrogen-bond donors (Lipinski definition) is 1. The molecule has 2 nitrogen and oxygen atoms in total. The van der Waals surface area contributed by atoms with E-state index in [0.717, 1.165) is 17.5 Å². The van der Waals surface area contributed by atoms with E-state index < -0.39 is 0 Å². The molecular weight excluding hydrogens is 247 g/mol. The van der Waals surface area contributed by atoms with Crippen LogP contribution in [0, 0.1) is 11.7 Å². The first-order valence-corrected chi connectivity index (χ1v) is 6.41. The molecule has 1 aromatic rings. The fraction of sp³-hybridized carbons (Fsp3) is 0.364. The number of nitrogens with one attached hydrogen (secondary N) is 1. The van der Waals surface area contributed by atoms with Crippen LogP contribution in [-0.2, 0) is 0 Å². The van der Waals surface area contributed by atoms with Crippen LogP contribution in [0.25, 0.3) is 0 Å². The number of anilines is 1. The van der Waals surface area contributed by atoms with Crippen LogP contribution in [0.1, 0.15) is 6.92 Å². The number of hydrogen-bond acceptors (Lipinski definition) is 3. The average molecular weight is 259 g/mol. The lowest BCUT2D eigenvalue weighted by molar-refractivity contribution is 0.632. The van der Waals surface area contributed by atoms with Crippen molar-refractivity contribution in [2.75, 3.05) is 17.6 Å². The van der Waals surface area contributed by atoms with Gasteiger partial charge in [0.25, 0.3) is 0 Å². The summed E-state index contributed by atoms with van der Waals surface area (Å²) in [5, 5.41) is 4.06. The van der Waals surface area contributed by atoms with Crippen LogP contribution in [-0.4, -0.2) is 17.5 Å². The van der Waals surface area contributed by atoms with Crippen molar-refractivity contribution in [3.63, 3.8) is 0 Å². The normalized spacial score (nSPS) is 20.4. The van der Waals surface area contributed by atoms with Crippen molar-refractivity contribution in [1.29, 1.82) is 0 Å². The second kappa shape index (κ2) is 5.06. The second-order valence-corrected chi connectivity index (χ2v) is 5.20. The standard InChI is InChI=1S/C11H12ClFN2S/c1-7-5-14-11(16-6-7)15-10-8(12)3-2-4-9(10)13/h2-4,7H,5-6H2,1H3,(H,14,15). The number of nitrogens with zero attached hydrogens (tertiary/aromatic N) is 1. The van der Waals surface area contributed by atoms with Gasteiger partial charge in [0.15, 0.2) is 5.17 Å². The molecule has 1 aliphatic rings. The Labute approximate surface area is 103 Å². The zero-order valence-electron chi connectivity index (χ0n) is 8.84. The Hall–Kier alpha value is -0.740. The summed E-state index contributed by atoms with van der Waals surface area (Å²) in [6, 6.07) is 4.62. The molecule has 1 aromatic carbocycles. The summed E-state index contributed by atoms with van der Waals surface area (Å²) in [4.78, 5) is 4.33. The zero-order valence-corrected chi connectivity index (χ0v) is 10.4. The summed E-state index contributed by atoms with van der Waals surface area (Å²) >= 11 is 7.51. The number of para-hydroxylation sites is 1. The fourth-order valence-electron chi connectivity index (χ4n) is 1.36. The Morgan fingerprint density at radius 2 is 2.38 bits per heavy atom. The first kappa shape index (κ1) is 11.7. The maximum atomic E-state index is 13.5. The van der Waals surface area contributed by atoms with E-state index in [-0.39, 0.29) is 5.82 Å². The van der Waals surface area contributed by atoms with Gasteiger partial charge in [-0.25, -0.2) is 4.39 Å². The monoisotopic (exact) mass is 258 g/mol. The lowest BCUT2D eigenvalue weighted by atomic mass is 10.2. The van der Waals surface area contributed by atoms with Crippen molar-refractivity contribution in [2.45, 2.75) is 6.92 Å². The Balaban J connectivity index is 2.15. The van der Waals surface area contributed by atoms with Crippen molar-refractivity contribution in [3.05, 3.63) is 29.0 Å². The lowest BCUT2D eigenvalue weighted by Gasteiger charge is -2.18. The molecule has 0 radical (unpaired) electrons. The van der Waals surface area contributed by atoms with E-state index in [1.165, 1.54) is 6.07 Å². The highest BCUT2D eigenvalue weighted by Gasteiger charge is 2.14. The summed E-state index contributed by atoms with van der Waals surface area (Å²) in [6.45, 7) is 2.92. The molecule has 0 fully saturated rings. The van der Waals surface area contributed by atoms with E-state index in [4.69, 9.17) is 11.6 Å². The van der Waals surface area contributed by atoms with E-state index in [2.05, 4.69) is 17.2 Å². The highest BCUT2D eigenvalue weighted by Crippen LogP contribution is 2.27. The van der Waals surface area contributed by atoms with Crippen molar-refractivity contribution in [3.8, 4) is 0 Å². The Morgan fingerprint density at radius 3 is 3.00 bits per heavy atom. The number of benzene rings is 1. The number of halogens is 2. The molecule has 16 heavy (non-hydrogen) atoms. The minimum absolute atomic E-state index is 0.310. The Kier molecular flexibility index (Phi) is 3.71. The predicted molar refractivity (Wildman–Crippen MR) is 69.0 cm³/mol. The molecule has 1 aliphatic heterocycles. The van der Waals surface area contributed by atoms with Crippen LogP contribution in [0.5, 0.6) is 0 Å². The van der Waals surface area contributed by atoms with Gasteiger partial charge in [0.2, 0.25) is 0 Å². The third-order valence-corrected chi connectivity index (χ3v) is 3.80. The van der Waals surface area contributed by atoms with Gasteiger partial charge < -0.3 is 5.32 Å². The second-order valence-electron chi connectivity index (χ2n) is 3.78. The maximum absolute atomic E-state index is 13.5. The summed E-state index contributed by atoms with van der Waals surface area (Å²) in [7, 11) is 0. The van der Waals surface area contributed by atoms with Gasteiger partial charge in [-0.1, -0.05) is 36.4 Å². The molecule has 86 valence electrons. The van der Waals surface area contributed by atoms with Crippen molar-refractivity contribution < 1.29 is 4.39 Å². The van der Waals surface area contributed by atoms with E-state index >= 15 is 0 Å². The van der Waals surface area contributed by atoms with Gasteiger partial charge >= 0.3 is 0 Å². The smallest absolute Gasteiger partial charge is 0.161 e. The number of amidine groups is 1. The minimum Gasteiger partial charge on any atom is -0.331 e. The van der Waals surface area contributed by atoms with Gasteiger partial charge in [0.05, 0.1) is 10.7 Å². The minimum atomic E-state index is -0.352. The predicted octanol–water partition coefficient (Wildman–Crippen LogP) is 3.63. The number of thioether (sulfide) groups is 1. The average Bonchev–Trinajstić information content (AvgIpc) is 2.26. The number of aliphatic imine (C=N–C) groups is 1. The van der Waals surface area contributed by atoms with Crippen LogP contribution in [0.2, 0.25) is 5.02 Å². The molecule has 1 heterocycles. The molecule has 1 N–H and O–H groups in total. The van der Waals surface area contributed by atoms with Gasteiger partial charge in [0, 0.05) is 12.3 Å². The van der Waals surface area contributed by atoms with Crippen LogP contribution < -0.4 is 5.32 Å². The van der Waals surface area contributed by atoms with Gasteiger partial charge in [-0.2, -0.15) is 0 Å². The topological polar surface area (TPSA) is 24.4 Å². The van der Waals surface area contributed by atoms with E-state index in [1.807, 2.05) is 0 Å². The largest absolute Gasteiger partial charge is 0.331 e. The summed E-state index contributed by atoms with van der Waals surface area (Å²) in [6.07, 6.45) is 0. The SMILES string of the molecule is CC1CN=C(Nc2c(F)cccc2Cl)SC1. The van der Waals surface area contributed by atoms with E-state index in [9.17, 15) is 4.39 Å². The van der Waals surface area contributed by atoms with Crippen LogP contribution in [0.3, 0.4) is 0 Å². The van der Waals surface area contributed by atoms with E-state index in [1.54, 1.807) is 23.9 Å². The van der Waals surface area contributed by atoms with Crippen molar-refractivity contribution in [1.82, 2.24) is 0 Å². The third kappa shape index (κ3) is 2.68. The maximum Gasteiger partial charge on any atom is 0.161 e. The van der Waals surface area contributed by atoms with E-state index in [0.29, 0.717) is 16.6 Å². The molecule has 0 spiro atoms. The van der Waals surface area contributed by atoms with Crippen LogP contribution >= 0.6 is 23.4 Å². The summed E-state index contributed by atoms with van der Waals surface area (Å²) in [5.74, 6) is 1.22.